The zero-order chi connectivity index (χ0) is 14.0. The Morgan fingerprint density at radius 1 is 0.632 bits per heavy atom. The lowest BCUT2D eigenvalue weighted by Crippen LogP contribution is -1.81. The molecule has 0 saturated carbocycles. The van der Waals surface area contributed by atoms with Crippen molar-refractivity contribution in [1.82, 2.24) is 0 Å². The normalized spacial score (nSPS) is 11.9. The summed E-state index contributed by atoms with van der Waals surface area (Å²) >= 11 is 3.48. The number of hydrogen-bond donors (Lipinski definition) is 0. The number of hydrogen-bond acceptors (Lipinski definition) is 0. The molecule has 0 aliphatic rings. The van der Waals surface area contributed by atoms with Crippen molar-refractivity contribution in [1.29, 1.82) is 0 Å². The van der Waals surface area contributed by atoms with Crippen LogP contribution in [0.25, 0.3) is 0 Å². The van der Waals surface area contributed by atoms with Crippen molar-refractivity contribution in [3.8, 4) is 0 Å². The fraction of sp³-hybridized carbons (Fsp3) is 0.778. The Balaban J connectivity index is 3.09. The lowest BCUT2D eigenvalue weighted by Gasteiger charge is -2.00. The molecule has 0 bridgehead atoms. The van der Waals surface area contributed by atoms with Crippen LogP contribution in [0.1, 0.15) is 84.0 Å². The van der Waals surface area contributed by atoms with Gasteiger partial charge in [-0.3, -0.25) is 0 Å². The predicted molar refractivity (Wildman–Crippen MR) is 93.2 cm³/mol. The van der Waals surface area contributed by atoms with Crippen LogP contribution in [-0.4, -0.2) is 5.33 Å². The summed E-state index contributed by atoms with van der Waals surface area (Å²) in [6.07, 6.45) is 25.4. The van der Waals surface area contributed by atoms with E-state index < -0.39 is 0 Å². The van der Waals surface area contributed by atoms with Gasteiger partial charge >= 0.3 is 0 Å². The molecule has 0 aliphatic carbocycles. The van der Waals surface area contributed by atoms with Gasteiger partial charge in [0.15, 0.2) is 0 Å². The molecule has 0 aliphatic heterocycles. The van der Waals surface area contributed by atoms with Gasteiger partial charge < -0.3 is 0 Å². The van der Waals surface area contributed by atoms with E-state index in [9.17, 15) is 0 Å². The average Bonchev–Trinajstić information content (AvgIpc) is 2.43. The van der Waals surface area contributed by atoms with Crippen molar-refractivity contribution in [2.45, 2.75) is 84.0 Å². The van der Waals surface area contributed by atoms with Crippen LogP contribution in [0.15, 0.2) is 24.3 Å². The molecule has 19 heavy (non-hydrogen) atoms. The van der Waals surface area contributed by atoms with Crippen LogP contribution in [0.2, 0.25) is 0 Å². The van der Waals surface area contributed by atoms with Crippen molar-refractivity contribution >= 4 is 15.9 Å². The highest BCUT2D eigenvalue weighted by Crippen LogP contribution is 2.10. The Hall–Kier alpha value is -0.0400. The summed E-state index contributed by atoms with van der Waals surface area (Å²) in [6.45, 7) is 2.24. The van der Waals surface area contributed by atoms with Crippen molar-refractivity contribution in [3.63, 3.8) is 0 Å². The van der Waals surface area contributed by atoms with Crippen molar-refractivity contribution in [3.05, 3.63) is 24.3 Å². The van der Waals surface area contributed by atoms with E-state index in [4.69, 9.17) is 0 Å². The smallest absolute Gasteiger partial charge is 0.00313 e. The van der Waals surface area contributed by atoms with Crippen LogP contribution in [-0.2, 0) is 0 Å². The molecule has 0 fully saturated rings. The summed E-state index contributed by atoms with van der Waals surface area (Å²) in [4.78, 5) is 0. The van der Waals surface area contributed by atoms with Gasteiger partial charge in [0.2, 0.25) is 0 Å². The first-order chi connectivity index (χ1) is 9.41. The van der Waals surface area contributed by atoms with E-state index in [0.29, 0.717) is 0 Å². The summed E-state index contributed by atoms with van der Waals surface area (Å²) < 4.78 is 0. The quantitative estimate of drug-likeness (QED) is 0.180. The van der Waals surface area contributed by atoms with Crippen LogP contribution in [0.3, 0.4) is 0 Å². The lowest BCUT2D eigenvalue weighted by molar-refractivity contribution is 0.579. The van der Waals surface area contributed by atoms with Gasteiger partial charge in [0, 0.05) is 5.33 Å². The average molecular weight is 329 g/mol. The first-order valence-electron chi connectivity index (χ1n) is 8.29. The Morgan fingerprint density at radius 3 is 1.63 bits per heavy atom. The van der Waals surface area contributed by atoms with E-state index >= 15 is 0 Å². The third kappa shape index (κ3) is 18.0. The van der Waals surface area contributed by atoms with Gasteiger partial charge in [0.05, 0.1) is 0 Å². The molecule has 0 aromatic carbocycles. The molecular formula is C18H33Br. The van der Waals surface area contributed by atoms with Gasteiger partial charge in [-0.15, -0.1) is 0 Å². The van der Waals surface area contributed by atoms with E-state index in [2.05, 4.69) is 47.2 Å². The third-order valence-corrected chi connectivity index (χ3v) is 3.92. The molecule has 0 atom stereocenters. The number of unbranched alkanes of at least 4 members (excludes halogenated alkanes) is 10. The van der Waals surface area contributed by atoms with Gasteiger partial charge in [-0.2, -0.15) is 0 Å². The summed E-state index contributed by atoms with van der Waals surface area (Å²) in [5.74, 6) is 0. The van der Waals surface area contributed by atoms with Gasteiger partial charge in [-0.25, -0.2) is 0 Å². The topological polar surface area (TPSA) is 0 Å². The SMILES string of the molecule is CCCC/C=C/C=C\CCCCCCCCCCBr. The first kappa shape index (κ1) is 19.0. The first-order valence-corrected chi connectivity index (χ1v) is 9.41. The monoisotopic (exact) mass is 328 g/mol. The molecule has 0 unspecified atom stereocenters. The van der Waals surface area contributed by atoms with Gasteiger partial charge in [0.1, 0.15) is 0 Å². The van der Waals surface area contributed by atoms with Crippen LogP contribution < -0.4 is 0 Å². The van der Waals surface area contributed by atoms with E-state index in [-0.39, 0.29) is 0 Å². The molecule has 0 amide bonds. The number of alkyl halides is 1. The van der Waals surface area contributed by atoms with Gasteiger partial charge in [0.25, 0.3) is 0 Å². The molecule has 112 valence electrons. The fourth-order valence-electron chi connectivity index (χ4n) is 2.09. The zero-order valence-corrected chi connectivity index (χ0v) is 14.5. The van der Waals surface area contributed by atoms with Crippen molar-refractivity contribution < 1.29 is 0 Å². The molecule has 0 saturated heterocycles. The number of allylic oxidation sites excluding steroid dienone is 4. The highest BCUT2D eigenvalue weighted by atomic mass is 79.9. The van der Waals surface area contributed by atoms with Crippen molar-refractivity contribution in [2.24, 2.45) is 0 Å². The minimum Gasteiger partial charge on any atom is -0.0928 e. The molecule has 0 heterocycles. The standard InChI is InChI=1S/C18H33Br/c1-2-3-4-5-6-7-8-9-10-11-12-13-14-15-16-17-18-19/h5-8H,2-4,9-18H2,1H3/b6-5+,8-7-. The van der Waals surface area contributed by atoms with E-state index in [1.54, 1.807) is 0 Å². The summed E-state index contributed by atoms with van der Waals surface area (Å²) in [7, 11) is 0. The second-order valence-corrected chi connectivity index (χ2v) is 6.10. The fourth-order valence-corrected chi connectivity index (χ4v) is 2.49. The molecule has 0 aromatic rings. The maximum atomic E-state index is 3.48. The maximum Gasteiger partial charge on any atom is 0.00313 e. The second kappa shape index (κ2) is 18.0. The Morgan fingerprint density at radius 2 is 1.11 bits per heavy atom. The Bertz CT molecular complexity index is 206. The summed E-state index contributed by atoms with van der Waals surface area (Å²) in [5, 5.41) is 1.17. The Kier molecular flexibility index (Phi) is 17.9. The molecule has 1 heteroatoms. The highest BCUT2D eigenvalue weighted by molar-refractivity contribution is 9.09. The summed E-state index contributed by atoms with van der Waals surface area (Å²) in [5.41, 5.74) is 0. The van der Waals surface area contributed by atoms with Crippen LogP contribution in [0, 0.1) is 0 Å². The van der Waals surface area contributed by atoms with Crippen LogP contribution in [0.5, 0.6) is 0 Å². The van der Waals surface area contributed by atoms with Gasteiger partial charge in [-0.1, -0.05) is 98.5 Å². The van der Waals surface area contributed by atoms with E-state index in [0.717, 1.165) is 0 Å². The van der Waals surface area contributed by atoms with E-state index in [1.165, 1.54) is 82.4 Å². The minimum absolute atomic E-state index is 1.17. The molecule has 0 rings (SSSR count). The number of rotatable bonds is 14. The summed E-state index contributed by atoms with van der Waals surface area (Å²) in [6, 6.07) is 0. The largest absolute Gasteiger partial charge is 0.0928 e. The Labute approximate surface area is 129 Å². The molecule has 0 radical (unpaired) electrons. The minimum atomic E-state index is 1.17. The molecule has 0 aromatic heterocycles. The maximum absolute atomic E-state index is 3.48. The van der Waals surface area contributed by atoms with Crippen LogP contribution >= 0.6 is 15.9 Å². The molecule has 0 nitrogen and oxygen atoms in total. The molecule has 0 N–H and O–H groups in total. The second-order valence-electron chi connectivity index (χ2n) is 5.30. The molecule has 0 spiro atoms. The lowest BCUT2D eigenvalue weighted by atomic mass is 10.1. The third-order valence-electron chi connectivity index (χ3n) is 3.36. The highest BCUT2D eigenvalue weighted by Gasteiger charge is 1.91. The zero-order valence-electron chi connectivity index (χ0n) is 12.9. The number of halogens is 1. The van der Waals surface area contributed by atoms with Crippen LogP contribution in [0.4, 0.5) is 0 Å². The van der Waals surface area contributed by atoms with E-state index in [1.807, 2.05) is 0 Å². The van der Waals surface area contributed by atoms with Crippen molar-refractivity contribution in [2.75, 3.05) is 5.33 Å². The molecular weight excluding hydrogens is 296 g/mol. The predicted octanol–water partition coefficient (Wildman–Crippen LogP) is 7.19. The van der Waals surface area contributed by atoms with Gasteiger partial charge in [-0.05, 0) is 25.7 Å².